The van der Waals surface area contributed by atoms with Crippen molar-refractivity contribution >= 4 is 28.6 Å². The minimum Gasteiger partial charge on any atom is -0.353 e. The van der Waals surface area contributed by atoms with Gasteiger partial charge in [-0.05, 0) is 31.9 Å². The molecule has 9 nitrogen and oxygen atoms in total. The van der Waals surface area contributed by atoms with Gasteiger partial charge in [0.25, 0.3) is 5.56 Å². The van der Waals surface area contributed by atoms with Gasteiger partial charge in [0.2, 0.25) is 11.9 Å². The van der Waals surface area contributed by atoms with Gasteiger partial charge in [-0.3, -0.25) is 14.2 Å². The summed E-state index contributed by atoms with van der Waals surface area (Å²) < 4.78 is 1.53. The second-order valence-corrected chi connectivity index (χ2v) is 9.55. The minimum absolute atomic E-state index is 0.0585. The molecule has 3 heterocycles. The summed E-state index contributed by atoms with van der Waals surface area (Å²) in [5, 5.41) is 4.11. The molecule has 0 bridgehead atoms. The molecule has 1 aliphatic heterocycles. The van der Waals surface area contributed by atoms with Crippen molar-refractivity contribution < 1.29 is 4.79 Å². The third-order valence-corrected chi connectivity index (χ3v) is 7.03. The molecule has 1 aromatic carbocycles. The fraction of sp³-hybridized carbons (Fsp3) is 0.500. The van der Waals surface area contributed by atoms with Crippen LogP contribution in [0.3, 0.4) is 0 Å². The molecule has 0 atom stereocenters. The van der Waals surface area contributed by atoms with Gasteiger partial charge in [0.15, 0.2) is 0 Å². The van der Waals surface area contributed by atoms with E-state index in [1.165, 1.54) is 43.0 Å². The first kappa shape index (κ1) is 23.3. The monoisotopic (exact) mass is 475 g/mol. The molecular formula is C26H33N7O2. The van der Waals surface area contributed by atoms with Crippen molar-refractivity contribution in [2.75, 3.05) is 36.4 Å². The number of para-hydroxylation sites is 1. The first-order chi connectivity index (χ1) is 17.1. The molecule has 2 fully saturated rings. The van der Waals surface area contributed by atoms with E-state index in [4.69, 9.17) is 4.98 Å². The van der Waals surface area contributed by atoms with Crippen LogP contribution in [0.15, 0.2) is 41.5 Å². The fourth-order valence-electron chi connectivity index (χ4n) is 5.03. The number of fused-ring (bicyclic) bond motifs is 1. The normalized spacial score (nSPS) is 17.1. The Bertz CT molecular complexity index is 1240. The van der Waals surface area contributed by atoms with E-state index >= 15 is 0 Å². The van der Waals surface area contributed by atoms with E-state index in [1.54, 1.807) is 6.07 Å². The number of hydrogen-bond acceptors (Lipinski definition) is 7. The third kappa shape index (κ3) is 5.44. The molecular weight excluding hydrogens is 442 g/mol. The highest BCUT2D eigenvalue weighted by molar-refractivity contribution is 5.78. The number of rotatable bonds is 6. The molecule has 184 valence electrons. The Morgan fingerprint density at radius 1 is 1.06 bits per heavy atom. The van der Waals surface area contributed by atoms with Crippen LogP contribution in [0.4, 0.5) is 11.8 Å². The SMILES string of the molecule is Cc1cc(N2CCN(C(=O)CCn3cnc4ccccc4c3=O)CC2)nc(NC2CCCCC2)n1. The van der Waals surface area contributed by atoms with Crippen molar-refractivity contribution in [1.29, 1.82) is 0 Å². The van der Waals surface area contributed by atoms with Gasteiger partial charge in [0, 0.05) is 56.9 Å². The summed E-state index contributed by atoms with van der Waals surface area (Å²) in [6.07, 6.45) is 8.01. The average molecular weight is 476 g/mol. The lowest BCUT2D eigenvalue weighted by Crippen LogP contribution is -2.49. The van der Waals surface area contributed by atoms with Crippen LogP contribution >= 0.6 is 0 Å². The Hall–Kier alpha value is -3.49. The largest absolute Gasteiger partial charge is 0.353 e. The summed E-state index contributed by atoms with van der Waals surface area (Å²) in [5.41, 5.74) is 1.51. The lowest BCUT2D eigenvalue weighted by Gasteiger charge is -2.35. The van der Waals surface area contributed by atoms with Crippen LogP contribution in [0.25, 0.3) is 10.9 Å². The number of nitrogens with zero attached hydrogens (tertiary/aromatic N) is 6. The standard InChI is InChI=1S/C26H33N7O2/c1-19-17-23(30-26(28-19)29-20-7-3-2-4-8-20)31-13-15-32(16-14-31)24(34)11-12-33-18-27-22-10-6-5-9-21(22)25(33)35/h5-6,9-10,17-18,20H,2-4,7-8,11-16H2,1H3,(H,28,29,30). The van der Waals surface area contributed by atoms with Crippen LogP contribution in [0.2, 0.25) is 0 Å². The molecule has 2 aromatic heterocycles. The number of aromatic nitrogens is 4. The number of benzene rings is 1. The zero-order chi connectivity index (χ0) is 24.2. The van der Waals surface area contributed by atoms with Crippen molar-refractivity contribution in [3.05, 3.63) is 52.7 Å². The van der Waals surface area contributed by atoms with Crippen LogP contribution in [-0.2, 0) is 11.3 Å². The number of carbonyl (C=O) groups excluding carboxylic acids is 1. The van der Waals surface area contributed by atoms with Crippen LogP contribution in [0.5, 0.6) is 0 Å². The van der Waals surface area contributed by atoms with Crippen molar-refractivity contribution in [2.45, 2.75) is 58.0 Å². The van der Waals surface area contributed by atoms with E-state index < -0.39 is 0 Å². The van der Waals surface area contributed by atoms with Crippen LogP contribution in [-0.4, -0.2) is 62.5 Å². The Kier molecular flexibility index (Phi) is 6.92. The van der Waals surface area contributed by atoms with Crippen molar-refractivity contribution in [3.8, 4) is 0 Å². The van der Waals surface area contributed by atoms with E-state index in [2.05, 4.69) is 20.2 Å². The fourth-order valence-corrected chi connectivity index (χ4v) is 5.03. The summed E-state index contributed by atoms with van der Waals surface area (Å²) >= 11 is 0. The molecule has 1 aliphatic carbocycles. The van der Waals surface area contributed by atoms with E-state index in [0.717, 1.165) is 24.6 Å². The number of carbonyl (C=O) groups is 1. The Morgan fingerprint density at radius 3 is 2.63 bits per heavy atom. The maximum Gasteiger partial charge on any atom is 0.261 e. The van der Waals surface area contributed by atoms with Crippen LogP contribution in [0, 0.1) is 6.92 Å². The molecule has 9 heteroatoms. The maximum absolute atomic E-state index is 12.9. The number of piperazine rings is 1. The van der Waals surface area contributed by atoms with Crippen LogP contribution < -0.4 is 15.8 Å². The number of amides is 1. The highest BCUT2D eigenvalue weighted by Gasteiger charge is 2.23. The van der Waals surface area contributed by atoms with E-state index in [-0.39, 0.29) is 17.9 Å². The van der Waals surface area contributed by atoms with Gasteiger partial charge >= 0.3 is 0 Å². The molecule has 5 rings (SSSR count). The quantitative estimate of drug-likeness (QED) is 0.585. The van der Waals surface area contributed by atoms with E-state index in [1.807, 2.05) is 36.1 Å². The second kappa shape index (κ2) is 10.4. The lowest BCUT2D eigenvalue weighted by atomic mass is 9.96. The van der Waals surface area contributed by atoms with Gasteiger partial charge in [-0.2, -0.15) is 4.98 Å². The predicted molar refractivity (Wildman–Crippen MR) is 137 cm³/mol. The summed E-state index contributed by atoms with van der Waals surface area (Å²) in [6, 6.07) is 9.75. The molecule has 1 saturated carbocycles. The van der Waals surface area contributed by atoms with Gasteiger partial charge in [0.1, 0.15) is 5.82 Å². The van der Waals surface area contributed by atoms with E-state index in [0.29, 0.717) is 42.5 Å². The molecule has 0 unspecified atom stereocenters. The topological polar surface area (TPSA) is 96.3 Å². The minimum atomic E-state index is -0.106. The highest BCUT2D eigenvalue weighted by atomic mass is 16.2. The van der Waals surface area contributed by atoms with Crippen molar-refractivity contribution in [3.63, 3.8) is 0 Å². The molecule has 2 aliphatic rings. The Labute approximate surface area is 205 Å². The number of hydrogen-bond donors (Lipinski definition) is 1. The first-order valence-corrected chi connectivity index (χ1v) is 12.7. The van der Waals surface area contributed by atoms with Gasteiger partial charge in [-0.25, -0.2) is 9.97 Å². The Balaban J connectivity index is 1.16. The molecule has 35 heavy (non-hydrogen) atoms. The first-order valence-electron chi connectivity index (χ1n) is 12.7. The molecule has 1 amide bonds. The number of anilines is 2. The zero-order valence-corrected chi connectivity index (χ0v) is 20.3. The summed E-state index contributed by atoms with van der Waals surface area (Å²) in [5.74, 6) is 1.68. The lowest BCUT2D eigenvalue weighted by molar-refractivity contribution is -0.131. The van der Waals surface area contributed by atoms with Gasteiger partial charge in [-0.15, -0.1) is 0 Å². The van der Waals surface area contributed by atoms with Gasteiger partial charge in [0.05, 0.1) is 17.2 Å². The maximum atomic E-state index is 12.9. The van der Waals surface area contributed by atoms with Gasteiger partial charge < -0.3 is 15.1 Å². The highest BCUT2D eigenvalue weighted by Crippen LogP contribution is 2.22. The van der Waals surface area contributed by atoms with E-state index in [9.17, 15) is 9.59 Å². The number of nitrogens with one attached hydrogen (secondary N) is 1. The molecule has 0 radical (unpaired) electrons. The molecule has 0 spiro atoms. The van der Waals surface area contributed by atoms with Crippen LogP contribution in [0.1, 0.15) is 44.2 Å². The van der Waals surface area contributed by atoms with Gasteiger partial charge in [-0.1, -0.05) is 31.4 Å². The smallest absolute Gasteiger partial charge is 0.261 e. The summed E-state index contributed by atoms with van der Waals surface area (Å²) in [6.45, 7) is 5.05. The molecule has 1 N–H and O–H groups in total. The number of aryl methyl sites for hydroxylation is 2. The molecule has 1 saturated heterocycles. The second-order valence-electron chi connectivity index (χ2n) is 9.55. The zero-order valence-electron chi connectivity index (χ0n) is 20.3. The summed E-state index contributed by atoms with van der Waals surface area (Å²) in [4.78, 5) is 43.4. The molecule has 3 aromatic rings. The van der Waals surface area contributed by atoms with Crippen molar-refractivity contribution in [1.82, 2.24) is 24.4 Å². The summed E-state index contributed by atoms with van der Waals surface area (Å²) in [7, 11) is 0. The average Bonchev–Trinajstić information content (AvgIpc) is 2.89. The third-order valence-electron chi connectivity index (χ3n) is 7.03. The Morgan fingerprint density at radius 2 is 1.83 bits per heavy atom. The predicted octanol–water partition coefficient (Wildman–Crippen LogP) is 2.98. The van der Waals surface area contributed by atoms with Crippen molar-refractivity contribution in [2.24, 2.45) is 0 Å².